The van der Waals surface area contributed by atoms with Crippen LogP contribution in [0.3, 0.4) is 0 Å². The third kappa shape index (κ3) is 4.84. The molecular formula is C13H17NO4S. The summed E-state index contributed by atoms with van der Waals surface area (Å²) in [6, 6.07) is 5.89. The molecule has 0 radical (unpaired) electrons. The van der Waals surface area contributed by atoms with Crippen LogP contribution in [0.25, 0.3) is 6.08 Å². The van der Waals surface area contributed by atoms with E-state index in [-0.39, 0.29) is 10.9 Å². The standard InChI is InChI=1S/C13H17NO4S/c1-3-10(2)14-19(17,18)12-7-4-11(5-8-12)6-9-13(15)16/h4-10,14H,3H2,1-2H3,(H,15,16)/b9-6+. The lowest BCUT2D eigenvalue weighted by Crippen LogP contribution is -2.31. The maximum Gasteiger partial charge on any atom is 0.328 e. The van der Waals surface area contributed by atoms with E-state index in [2.05, 4.69) is 4.72 Å². The van der Waals surface area contributed by atoms with Crippen LogP contribution < -0.4 is 4.72 Å². The molecule has 0 fully saturated rings. The van der Waals surface area contributed by atoms with Gasteiger partial charge in [0.25, 0.3) is 0 Å². The molecule has 0 heterocycles. The van der Waals surface area contributed by atoms with Gasteiger partial charge in [-0.15, -0.1) is 0 Å². The van der Waals surface area contributed by atoms with E-state index in [4.69, 9.17) is 5.11 Å². The van der Waals surface area contributed by atoms with E-state index < -0.39 is 16.0 Å². The van der Waals surface area contributed by atoms with Gasteiger partial charge in [-0.25, -0.2) is 17.9 Å². The number of carbonyl (C=O) groups is 1. The fourth-order valence-electron chi connectivity index (χ4n) is 1.34. The van der Waals surface area contributed by atoms with Gasteiger partial charge in [-0.05, 0) is 37.1 Å². The van der Waals surface area contributed by atoms with Crippen molar-refractivity contribution in [3.63, 3.8) is 0 Å². The number of sulfonamides is 1. The molecule has 19 heavy (non-hydrogen) atoms. The highest BCUT2D eigenvalue weighted by atomic mass is 32.2. The van der Waals surface area contributed by atoms with Crippen LogP contribution >= 0.6 is 0 Å². The van der Waals surface area contributed by atoms with E-state index in [1.165, 1.54) is 18.2 Å². The number of hydrogen-bond donors (Lipinski definition) is 2. The first kappa shape index (κ1) is 15.4. The molecule has 0 aliphatic heterocycles. The molecule has 5 nitrogen and oxygen atoms in total. The first-order valence-corrected chi connectivity index (χ1v) is 7.37. The summed E-state index contributed by atoms with van der Waals surface area (Å²) >= 11 is 0. The number of benzene rings is 1. The molecule has 1 rings (SSSR count). The van der Waals surface area contributed by atoms with Crippen LogP contribution in [-0.2, 0) is 14.8 Å². The topological polar surface area (TPSA) is 83.5 Å². The third-order valence-electron chi connectivity index (χ3n) is 2.58. The lowest BCUT2D eigenvalue weighted by atomic mass is 10.2. The number of carboxylic acid groups (broad SMARTS) is 1. The Morgan fingerprint density at radius 1 is 1.37 bits per heavy atom. The summed E-state index contributed by atoms with van der Waals surface area (Å²) in [4.78, 5) is 10.5. The Kier molecular flexibility index (Phi) is 5.26. The number of rotatable bonds is 6. The summed E-state index contributed by atoms with van der Waals surface area (Å²) in [6.07, 6.45) is 3.11. The van der Waals surface area contributed by atoms with Gasteiger partial charge in [0.1, 0.15) is 0 Å². The van der Waals surface area contributed by atoms with Crippen molar-refractivity contribution in [1.82, 2.24) is 4.72 Å². The minimum atomic E-state index is -3.51. The molecule has 1 atom stereocenters. The van der Waals surface area contributed by atoms with Gasteiger partial charge >= 0.3 is 5.97 Å². The second kappa shape index (κ2) is 6.49. The van der Waals surface area contributed by atoms with Gasteiger partial charge in [0.05, 0.1) is 4.90 Å². The molecule has 0 aliphatic carbocycles. The van der Waals surface area contributed by atoms with E-state index in [1.54, 1.807) is 19.1 Å². The van der Waals surface area contributed by atoms with E-state index in [1.807, 2.05) is 6.92 Å². The zero-order valence-corrected chi connectivity index (χ0v) is 11.6. The molecule has 0 aliphatic rings. The van der Waals surface area contributed by atoms with Crippen molar-refractivity contribution in [2.75, 3.05) is 0 Å². The first-order valence-electron chi connectivity index (χ1n) is 5.88. The summed E-state index contributed by atoms with van der Waals surface area (Å²) in [5, 5.41) is 8.49. The minimum absolute atomic E-state index is 0.128. The number of aliphatic carboxylic acids is 1. The monoisotopic (exact) mass is 283 g/mol. The Morgan fingerprint density at radius 2 is 1.95 bits per heavy atom. The van der Waals surface area contributed by atoms with Crippen molar-refractivity contribution < 1.29 is 18.3 Å². The molecule has 2 N–H and O–H groups in total. The summed E-state index contributed by atoms with van der Waals surface area (Å²) < 4.78 is 26.5. The van der Waals surface area contributed by atoms with Crippen molar-refractivity contribution in [3.05, 3.63) is 35.9 Å². The Hall–Kier alpha value is -1.66. The van der Waals surface area contributed by atoms with Crippen LogP contribution in [0.1, 0.15) is 25.8 Å². The molecule has 1 aromatic carbocycles. The summed E-state index contributed by atoms with van der Waals surface area (Å²) in [7, 11) is -3.51. The quantitative estimate of drug-likeness (QED) is 0.781. The summed E-state index contributed by atoms with van der Waals surface area (Å²) in [5.74, 6) is -1.05. The molecule has 0 aromatic heterocycles. The first-order chi connectivity index (χ1) is 8.85. The van der Waals surface area contributed by atoms with Crippen molar-refractivity contribution in [3.8, 4) is 0 Å². The predicted molar refractivity (Wildman–Crippen MR) is 73.2 cm³/mol. The van der Waals surface area contributed by atoms with Crippen molar-refractivity contribution in [1.29, 1.82) is 0 Å². The van der Waals surface area contributed by atoms with E-state index in [0.717, 1.165) is 6.08 Å². The Morgan fingerprint density at radius 3 is 2.42 bits per heavy atom. The van der Waals surface area contributed by atoms with Gasteiger partial charge in [-0.2, -0.15) is 0 Å². The molecule has 0 saturated heterocycles. The molecular weight excluding hydrogens is 266 g/mol. The molecule has 1 unspecified atom stereocenters. The fraction of sp³-hybridized carbons (Fsp3) is 0.308. The van der Waals surface area contributed by atoms with Crippen LogP contribution in [-0.4, -0.2) is 25.5 Å². The number of hydrogen-bond acceptors (Lipinski definition) is 3. The lowest BCUT2D eigenvalue weighted by Gasteiger charge is -2.12. The molecule has 0 spiro atoms. The van der Waals surface area contributed by atoms with E-state index >= 15 is 0 Å². The van der Waals surface area contributed by atoms with Crippen molar-refractivity contribution >= 4 is 22.1 Å². The molecule has 6 heteroatoms. The number of carboxylic acids is 1. The average Bonchev–Trinajstić information content (AvgIpc) is 2.36. The van der Waals surface area contributed by atoms with Crippen LogP contribution in [0, 0.1) is 0 Å². The average molecular weight is 283 g/mol. The smallest absolute Gasteiger partial charge is 0.328 e. The largest absolute Gasteiger partial charge is 0.478 e. The van der Waals surface area contributed by atoms with Crippen molar-refractivity contribution in [2.24, 2.45) is 0 Å². The van der Waals surface area contributed by atoms with Crippen molar-refractivity contribution in [2.45, 2.75) is 31.2 Å². The van der Waals surface area contributed by atoms with E-state index in [0.29, 0.717) is 12.0 Å². The van der Waals surface area contributed by atoms with Gasteiger partial charge in [-0.1, -0.05) is 19.1 Å². The lowest BCUT2D eigenvalue weighted by molar-refractivity contribution is -0.131. The molecule has 104 valence electrons. The highest BCUT2D eigenvalue weighted by Crippen LogP contribution is 2.12. The van der Waals surface area contributed by atoms with Gasteiger partial charge in [-0.3, -0.25) is 0 Å². The maximum absolute atomic E-state index is 12.0. The van der Waals surface area contributed by atoms with Gasteiger partial charge in [0.2, 0.25) is 10.0 Å². The van der Waals surface area contributed by atoms with Crippen LogP contribution in [0.2, 0.25) is 0 Å². The SMILES string of the molecule is CCC(C)NS(=O)(=O)c1ccc(/C=C/C(=O)O)cc1. The Bertz CT molecular complexity index is 561. The van der Waals surface area contributed by atoms with Crippen LogP contribution in [0.4, 0.5) is 0 Å². The zero-order valence-electron chi connectivity index (χ0n) is 10.8. The Labute approximate surface area is 113 Å². The summed E-state index contributed by atoms with van der Waals surface area (Å²) in [6.45, 7) is 3.69. The molecule has 1 aromatic rings. The maximum atomic E-state index is 12.0. The molecule has 0 amide bonds. The zero-order chi connectivity index (χ0) is 14.5. The molecule has 0 saturated carbocycles. The van der Waals surface area contributed by atoms with Crippen LogP contribution in [0.5, 0.6) is 0 Å². The van der Waals surface area contributed by atoms with Gasteiger partial charge in [0, 0.05) is 12.1 Å². The van der Waals surface area contributed by atoms with Gasteiger partial charge < -0.3 is 5.11 Å². The second-order valence-corrected chi connectivity index (χ2v) is 5.89. The second-order valence-electron chi connectivity index (χ2n) is 4.17. The van der Waals surface area contributed by atoms with E-state index in [9.17, 15) is 13.2 Å². The molecule has 0 bridgehead atoms. The predicted octanol–water partition coefficient (Wildman–Crippen LogP) is 1.86. The fourth-order valence-corrected chi connectivity index (χ4v) is 2.67. The van der Waals surface area contributed by atoms with Gasteiger partial charge in [0.15, 0.2) is 0 Å². The Balaban J connectivity index is 2.89. The van der Waals surface area contributed by atoms with Crippen LogP contribution in [0.15, 0.2) is 35.2 Å². The summed E-state index contributed by atoms with van der Waals surface area (Å²) in [5.41, 5.74) is 0.630. The highest BCUT2D eigenvalue weighted by molar-refractivity contribution is 7.89. The normalized spacial score (nSPS) is 13.6. The third-order valence-corrected chi connectivity index (χ3v) is 4.18. The minimum Gasteiger partial charge on any atom is -0.478 e. The number of nitrogens with one attached hydrogen (secondary N) is 1. The highest BCUT2D eigenvalue weighted by Gasteiger charge is 2.15.